The molecule has 2 aromatic carbocycles. The van der Waals surface area contributed by atoms with Gasteiger partial charge in [-0.25, -0.2) is 13.2 Å². The summed E-state index contributed by atoms with van der Waals surface area (Å²) in [5.41, 5.74) is 1.59. The molecule has 182 valence electrons. The Morgan fingerprint density at radius 1 is 1.11 bits per heavy atom. The lowest BCUT2D eigenvalue weighted by Crippen LogP contribution is -2.26. The van der Waals surface area contributed by atoms with Gasteiger partial charge in [0.05, 0.1) is 36.2 Å². The first-order chi connectivity index (χ1) is 16.8. The monoisotopic (exact) mass is 484 g/mol. The van der Waals surface area contributed by atoms with Crippen LogP contribution in [0.1, 0.15) is 35.0 Å². The van der Waals surface area contributed by atoms with Gasteiger partial charge >= 0.3 is 0 Å². The van der Waals surface area contributed by atoms with Crippen LogP contribution in [0, 0.1) is 17.5 Å². The number of ether oxygens (including phenoxy) is 1. The van der Waals surface area contributed by atoms with Crippen molar-refractivity contribution in [2.75, 3.05) is 13.7 Å². The first kappa shape index (κ1) is 24.2. The van der Waals surface area contributed by atoms with E-state index >= 15 is 4.39 Å². The van der Waals surface area contributed by atoms with E-state index in [0.717, 1.165) is 18.2 Å². The Morgan fingerprint density at radius 3 is 2.54 bits per heavy atom. The van der Waals surface area contributed by atoms with Crippen LogP contribution in [0.5, 0.6) is 5.75 Å². The second-order valence-electron chi connectivity index (χ2n) is 8.05. The fourth-order valence-corrected chi connectivity index (χ4v) is 3.84. The lowest BCUT2D eigenvalue weighted by molar-refractivity contribution is 0.0784. The largest absolute Gasteiger partial charge is 0.493 e. The zero-order valence-electron chi connectivity index (χ0n) is 19.1. The zero-order valence-corrected chi connectivity index (χ0v) is 19.1. The van der Waals surface area contributed by atoms with Gasteiger partial charge in [0, 0.05) is 42.4 Å². The molecule has 0 saturated heterocycles. The van der Waals surface area contributed by atoms with Crippen molar-refractivity contribution in [3.05, 3.63) is 77.0 Å². The van der Waals surface area contributed by atoms with Crippen LogP contribution in [0.4, 0.5) is 13.2 Å². The van der Waals surface area contributed by atoms with Gasteiger partial charge in [-0.1, -0.05) is 6.92 Å². The maximum atomic E-state index is 15.2. The molecule has 35 heavy (non-hydrogen) atoms. The van der Waals surface area contributed by atoms with Crippen LogP contribution in [0.3, 0.4) is 0 Å². The molecule has 4 aromatic rings. The number of carbonyl (C=O) groups excluding carboxylic acids is 1. The molecule has 0 atom stereocenters. The summed E-state index contributed by atoms with van der Waals surface area (Å²) in [4.78, 5) is 18.8. The van der Waals surface area contributed by atoms with E-state index in [1.807, 2.05) is 6.92 Å². The number of carbonyl (C=O) groups is 1. The van der Waals surface area contributed by atoms with Crippen molar-refractivity contribution in [3.8, 4) is 16.9 Å². The molecule has 0 radical (unpaired) electrons. The van der Waals surface area contributed by atoms with E-state index in [4.69, 9.17) is 4.74 Å². The Hall–Kier alpha value is -3.92. The SMILES string of the molecule is CCCOc1cc(C(=O)N(C)Cc2cnc(CO)c3cn[nH]c23)cc(F)c1-c1cc(F)cc(F)c1. The molecule has 0 aliphatic carbocycles. The predicted molar refractivity (Wildman–Crippen MR) is 123 cm³/mol. The molecule has 2 N–H and O–H groups in total. The van der Waals surface area contributed by atoms with E-state index in [1.165, 1.54) is 17.2 Å². The first-order valence-electron chi connectivity index (χ1n) is 10.9. The van der Waals surface area contributed by atoms with Crippen molar-refractivity contribution in [1.29, 1.82) is 0 Å². The minimum absolute atomic E-state index is 0.0116. The van der Waals surface area contributed by atoms with Crippen molar-refractivity contribution in [2.45, 2.75) is 26.5 Å². The normalized spacial score (nSPS) is 11.1. The molecular formula is C25H23F3N4O3. The van der Waals surface area contributed by atoms with Crippen LogP contribution in [0.2, 0.25) is 0 Å². The van der Waals surface area contributed by atoms with Gasteiger partial charge in [0.2, 0.25) is 0 Å². The van der Waals surface area contributed by atoms with Crippen LogP contribution in [0.15, 0.2) is 42.7 Å². The molecule has 0 fully saturated rings. The molecule has 2 heterocycles. The molecular weight excluding hydrogens is 461 g/mol. The standard InChI is InChI=1S/C25H23F3N4O3/c1-3-4-35-22-8-15(7-20(28)23(22)14-5-17(26)9-18(27)6-14)25(34)32(2)12-16-10-29-21(13-33)19-11-30-31-24(16)19/h5-11,33H,3-4,12-13H2,1-2H3,(H,30,31). The number of hydrogen-bond donors (Lipinski definition) is 2. The third-order valence-electron chi connectivity index (χ3n) is 5.47. The number of hydrogen-bond acceptors (Lipinski definition) is 5. The Bertz CT molecular complexity index is 1370. The van der Waals surface area contributed by atoms with Gasteiger partial charge in [-0.2, -0.15) is 5.10 Å². The highest BCUT2D eigenvalue weighted by atomic mass is 19.1. The average Bonchev–Trinajstić information content (AvgIpc) is 3.32. The zero-order chi connectivity index (χ0) is 25.1. The van der Waals surface area contributed by atoms with Crippen LogP contribution >= 0.6 is 0 Å². The van der Waals surface area contributed by atoms with Gasteiger partial charge in [0.15, 0.2) is 0 Å². The second-order valence-corrected chi connectivity index (χ2v) is 8.05. The smallest absolute Gasteiger partial charge is 0.254 e. The Morgan fingerprint density at radius 2 is 1.86 bits per heavy atom. The van der Waals surface area contributed by atoms with E-state index in [0.29, 0.717) is 34.6 Å². The maximum Gasteiger partial charge on any atom is 0.254 e. The van der Waals surface area contributed by atoms with Crippen molar-refractivity contribution in [3.63, 3.8) is 0 Å². The summed E-state index contributed by atoms with van der Waals surface area (Å²) in [5, 5.41) is 16.9. The number of aromatic nitrogens is 3. The number of nitrogens with one attached hydrogen (secondary N) is 1. The van der Waals surface area contributed by atoms with Gasteiger partial charge < -0.3 is 14.7 Å². The number of pyridine rings is 1. The summed E-state index contributed by atoms with van der Waals surface area (Å²) in [7, 11) is 1.55. The van der Waals surface area contributed by atoms with E-state index in [-0.39, 0.29) is 42.2 Å². The molecule has 0 unspecified atom stereocenters. The van der Waals surface area contributed by atoms with Crippen molar-refractivity contribution in [2.24, 2.45) is 0 Å². The Kier molecular flexibility index (Phi) is 7.02. The van der Waals surface area contributed by atoms with Crippen LogP contribution in [-0.2, 0) is 13.2 Å². The van der Waals surface area contributed by atoms with Crippen molar-refractivity contribution >= 4 is 16.8 Å². The first-order valence-corrected chi connectivity index (χ1v) is 10.9. The molecule has 0 saturated carbocycles. The number of benzene rings is 2. The van der Waals surface area contributed by atoms with Gasteiger partial charge in [-0.15, -0.1) is 0 Å². The molecule has 10 heteroatoms. The van der Waals surface area contributed by atoms with Gasteiger partial charge in [0.25, 0.3) is 5.91 Å². The van der Waals surface area contributed by atoms with Gasteiger partial charge in [0.1, 0.15) is 23.2 Å². The number of fused-ring (bicyclic) bond motifs is 1. The van der Waals surface area contributed by atoms with E-state index in [2.05, 4.69) is 15.2 Å². The predicted octanol–water partition coefficient (Wildman–Crippen LogP) is 4.60. The number of amides is 1. The number of aromatic amines is 1. The topological polar surface area (TPSA) is 91.3 Å². The van der Waals surface area contributed by atoms with Crippen molar-refractivity contribution < 1.29 is 27.8 Å². The number of aliphatic hydroxyl groups is 1. The van der Waals surface area contributed by atoms with E-state index in [9.17, 15) is 18.7 Å². The fraction of sp³-hybridized carbons (Fsp3) is 0.240. The molecule has 0 spiro atoms. The van der Waals surface area contributed by atoms with Crippen molar-refractivity contribution in [1.82, 2.24) is 20.1 Å². The summed E-state index contributed by atoms with van der Waals surface area (Å²) < 4.78 is 48.5. The number of H-pyrrole nitrogens is 1. The number of nitrogens with zero attached hydrogens (tertiary/aromatic N) is 3. The molecule has 7 nitrogen and oxygen atoms in total. The maximum absolute atomic E-state index is 15.2. The molecule has 0 bridgehead atoms. The highest BCUT2D eigenvalue weighted by molar-refractivity contribution is 5.96. The minimum Gasteiger partial charge on any atom is -0.493 e. The number of rotatable bonds is 8. The van der Waals surface area contributed by atoms with Crippen LogP contribution < -0.4 is 4.74 Å². The van der Waals surface area contributed by atoms with Crippen LogP contribution in [0.25, 0.3) is 22.0 Å². The highest BCUT2D eigenvalue weighted by Crippen LogP contribution is 2.35. The summed E-state index contributed by atoms with van der Waals surface area (Å²) in [6, 6.07) is 5.10. The molecule has 0 aliphatic heterocycles. The fourth-order valence-electron chi connectivity index (χ4n) is 3.84. The third-order valence-corrected chi connectivity index (χ3v) is 5.47. The van der Waals surface area contributed by atoms with E-state index in [1.54, 1.807) is 13.2 Å². The van der Waals surface area contributed by atoms with E-state index < -0.39 is 23.4 Å². The summed E-state index contributed by atoms with van der Waals surface area (Å²) in [5.74, 6) is -3.04. The average molecular weight is 484 g/mol. The highest BCUT2D eigenvalue weighted by Gasteiger charge is 2.22. The van der Waals surface area contributed by atoms with Crippen LogP contribution in [-0.4, -0.2) is 44.7 Å². The lowest BCUT2D eigenvalue weighted by atomic mass is 10.0. The quantitative estimate of drug-likeness (QED) is 0.382. The lowest BCUT2D eigenvalue weighted by Gasteiger charge is -2.20. The molecule has 0 aliphatic rings. The summed E-state index contributed by atoms with van der Waals surface area (Å²) in [6.45, 7) is 1.94. The minimum atomic E-state index is -0.855. The molecule has 1 amide bonds. The van der Waals surface area contributed by atoms with Gasteiger partial charge in [-0.3, -0.25) is 14.9 Å². The summed E-state index contributed by atoms with van der Waals surface area (Å²) in [6.07, 6.45) is 3.68. The summed E-state index contributed by atoms with van der Waals surface area (Å²) >= 11 is 0. The molecule has 2 aromatic heterocycles. The number of halogens is 3. The third kappa shape index (κ3) is 4.97. The number of aliphatic hydroxyl groups excluding tert-OH is 1. The Balaban J connectivity index is 1.68. The molecule has 4 rings (SSSR count). The second kappa shape index (κ2) is 10.1. The van der Waals surface area contributed by atoms with Gasteiger partial charge in [-0.05, 0) is 36.2 Å². The Labute approximate surface area is 199 Å².